The molecule has 0 spiro atoms. The molecule has 3 aromatic rings. The van der Waals surface area contributed by atoms with Crippen LogP contribution in [0.5, 0.6) is 0 Å². The number of carbonyl (C=O) groups excluding carboxylic acids is 1. The molecule has 162 valence electrons. The Bertz CT molecular complexity index is 1250. The summed E-state index contributed by atoms with van der Waals surface area (Å²) in [7, 11) is 1.55. The minimum atomic E-state index is -0.705. The predicted molar refractivity (Wildman–Crippen MR) is 127 cm³/mol. The minimum Gasteiger partial charge on any atom is -0.468 e. The number of methoxy groups -OCH3 is 1. The zero-order valence-electron chi connectivity index (χ0n) is 18.5. The number of hydrogen-bond donors (Lipinski definition) is 0. The van der Waals surface area contributed by atoms with Gasteiger partial charge in [-0.2, -0.15) is 0 Å². The lowest BCUT2D eigenvalue weighted by atomic mass is 9.66. The lowest BCUT2D eigenvalue weighted by Crippen LogP contribution is -2.58. The van der Waals surface area contributed by atoms with Gasteiger partial charge in [0.05, 0.1) is 13.2 Å². The van der Waals surface area contributed by atoms with Crippen molar-refractivity contribution in [3.8, 4) is 0 Å². The number of allylic oxidation sites excluding steroid dienone is 1. The number of rotatable bonds is 3. The van der Waals surface area contributed by atoms with E-state index in [1.165, 1.54) is 33.3 Å². The maximum Gasteiger partial charge on any atom is 0.319 e. The number of ether oxygens (including phenoxy) is 1. The van der Waals surface area contributed by atoms with Crippen molar-refractivity contribution in [1.82, 2.24) is 9.47 Å². The molecule has 1 aromatic heterocycles. The van der Waals surface area contributed by atoms with Gasteiger partial charge < -0.3 is 9.30 Å². The summed E-state index contributed by atoms with van der Waals surface area (Å²) < 4.78 is 8.02. The molecule has 3 aliphatic rings. The van der Waals surface area contributed by atoms with E-state index in [2.05, 4.69) is 82.3 Å². The first-order valence-electron chi connectivity index (χ1n) is 11.6. The van der Waals surface area contributed by atoms with Crippen LogP contribution < -0.4 is 0 Å². The second kappa shape index (κ2) is 7.49. The molecule has 2 aromatic carbocycles. The van der Waals surface area contributed by atoms with E-state index in [4.69, 9.17) is 4.74 Å². The number of hydrogen-bond acceptors (Lipinski definition) is 3. The smallest absolute Gasteiger partial charge is 0.319 e. The van der Waals surface area contributed by atoms with E-state index in [0.29, 0.717) is 0 Å². The number of carbonyl (C=O) groups is 1. The van der Waals surface area contributed by atoms with Crippen molar-refractivity contribution in [3.63, 3.8) is 0 Å². The van der Waals surface area contributed by atoms with Crippen molar-refractivity contribution in [2.75, 3.05) is 20.2 Å². The topological polar surface area (TPSA) is 34.5 Å². The summed E-state index contributed by atoms with van der Waals surface area (Å²) in [6, 6.07) is 19.2. The van der Waals surface area contributed by atoms with Gasteiger partial charge in [0.15, 0.2) is 0 Å². The van der Waals surface area contributed by atoms with E-state index in [1.54, 1.807) is 7.11 Å². The Kier molecular flexibility index (Phi) is 4.58. The summed E-state index contributed by atoms with van der Waals surface area (Å²) in [5.74, 6) is -0.103. The summed E-state index contributed by atoms with van der Waals surface area (Å²) in [4.78, 5) is 16.3. The van der Waals surface area contributed by atoms with Gasteiger partial charge in [0.25, 0.3) is 0 Å². The maximum atomic E-state index is 13.8. The molecule has 0 radical (unpaired) electrons. The average Bonchev–Trinajstić information content (AvgIpc) is 3.06. The van der Waals surface area contributed by atoms with Crippen LogP contribution >= 0.6 is 0 Å². The maximum absolute atomic E-state index is 13.8. The fourth-order valence-electron chi connectivity index (χ4n) is 6.40. The first kappa shape index (κ1) is 19.6. The van der Waals surface area contributed by atoms with E-state index >= 15 is 0 Å². The lowest BCUT2D eigenvalue weighted by Gasteiger charge is -2.47. The molecule has 2 atom stereocenters. The summed E-state index contributed by atoms with van der Waals surface area (Å²) in [5.41, 5.74) is 5.49. The van der Waals surface area contributed by atoms with Crippen LogP contribution in [0, 0.1) is 0 Å². The summed E-state index contributed by atoms with van der Waals surface area (Å²) in [6.07, 6.45) is 9.38. The van der Waals surface area contributed by atoms with Crippen LogP contribution in [-0.4, -0.2) is 41.7 Å². The molecule has 2 aliphatic heterocycles. The third kappa shape index (κ3) is 2.69. The molecular weight excluding hydrogens is 396 g/mol. The molecule has 6 rings (SSSR count). The van der Waals surface area contributed by atoms with Crippen molar-refractivity contribution < 1.29 is 9.53 Å². The Morgan fingerprint density at radius 3 is 2.78 bits per heavy atom. The molecule has 0 N–H and O–H groups in total. The average molecular weight is 425 g/mol. The number of para-hydroxylation sites is 1. The van der Waals surface area contributed by atoms with Crippen LogP contribution in [0.4, 0.5) is 0 Å². The Morgan fingerprint density at radius 2 is 1.94 bits per heavy atom. The molecule has 0 saturated heterocycles. The van der Waals surface area contributed by atoms with Gasteiger partial charge in [-0.3, -0.25) is 9.69 Å². The van der Waals surface area contributed by atoms with Gasteiger partial charge in [-0.15, -0.1) is 0 Å². The SMILES string of the molecule is COC(=O)[C@]12CCC=C3C=CCN(CCc4c1n(Cc1ccccc1)c1ccccc41)[C@H]32. The second-order valence-corrected chi connectivity index (χ2v) is 9.17. The largest absolute Gasteiger partial charge is 0.468 e. The van der Waals surface area contributed by atoms with Gasteiger partial charge in [-0.05, 0) is 42.0 Å². The fourth-order valence-corrected chi connectivity index (χ4v) is 6.40. The molecule has 4 heteroatoms. The Morgan fingerprint density at radius 1 is 1.12 bits per heavy atom. The van der Waals surface area contributed by atoms with Gasteiger partial charge in [0.1, 0.15) is 5.41 Å². The van der Waals surface area contributed by atoms with Crippen LogP contribution in [0.25, 0.3) is 10.9 Å². The van der Waals surface area contributed by atoms with E-state index < -0.39 is 5.41 Å². The number of aromatic nitrogens is 1. The number of benzene rings is 2. The van der Waals surface area contributed by atoms with Gasteiger partial charge in [0.2, 0.25) is 0 Å². The summed E-state index contributed by atoms with van der Waals surface area (Å²) >= 11 is 0. The molecule has 32 heavy (non-hydrogen) atoms. The van der Waals surface area contributed by atoms with Gasteiger partial charge in [-0.25, -0.2) is 0 Å². The van der Waals surface area contributed by atoms with E-state index in [9.17, 15) is 4.79 Å². The van der Waals surface area contributed by atoms with Crippen molar-refractivity contribution in [2.24, 2.45) is 0 Å². The molecule has 0 fully saturated rings. The second-order valence-electron chi connectivity index (χ2n) is 9.17. The van der Waals surface area contributed by atoms with Crippen LogP contribution in [0.3, 0.4) is 0 Å². The highest BCUT2D eigenvalue weighted by Gasteiger charge is 2.57. The predicted octanol–water partition coefficient (Wildman–Crippen LogP) is 4.62. The number of fused-ring (bicyclic) bond motifs is 4. The minimum absolute atomic E-state index is 0.0220. The zero-order valence-corrected chi connectivity index (χ0v) is 18.5. The van der Waals surface area contributed by atoms with Crippen LogP contribution in [0.1, 0.15) is 29.7 Å². The Hall–Kier alpha value is -3.11. The van der Waals surface area contributed by atoms with Crippen molar-refractivity contribution in [2.45, 2.75) is 37.3 Å². The fraction of sp³-hybridized carbons (Fsp3) is 0.321. The Labute approximate surface area is 188 Å². The Balaban J connectivity index is 1.68. The quantitative estimate of drug-likeness (QED) is 0.576. The molecule has 0 amide bonds. The van der Waals surface area contributed by atoms with Crippen LogP contribution in [0.2, 0.25) is 0 Å². The third-order valence-electron chi connectivity index (χ3n) is 7.60. The van der Waals surface area contributed by atoms with Crippen molar-refractivity contribution in [1.29, 1.82) is 0 Å². The zero-order chi connectivity index (χ0) is 21.7. The molecule has 0 unspecified atom stereocenters. The van der Waals surface area contributed by atoms with Crippen LogP contribution in [0.15, 0.2) is 78.4 Å². The molecule has 1 aliphatic carbocycles. The highest BCUT2D eigenvalue weighted by atomic mass is 16.5. The lowest BCUT2D eigenvalue weighted by molar-refractivity contribution is -0.151. The first-order chi connectivity index (χ1) is 15.7. The van der Waals surface area contributed by atoms with Gasteiger partial charge >= 0.3 is 5.97 Å². The molecule has 0 saturated carbocycles. The van der Waals surface area contributed by atoms with Crippen molar-refractivity contribution >= 4 is 16.9 Å². The first-order valence-corrected chi connectivity index (χ1v) is 11.6. The molecule has 0 bridgehead atoms. The molecule has 3 heterocycles. The highest BCUT2D eigenvalue weighted by Crippen LogP contribution is 2.50. The van der Waals surface area contributed by atoms with Crippen molar-refractivity contribution in [3.05, 3.63) is 95.2 Å². The highest BCUT2D eigenvalue weighted by molar-refractivity contribution is 5.93. The third-order valence-corrected chi connectivity index (χ3v) is 7.60. The summed E-state index contributed by atoms with van der Waals surface area (Å²) in [5, 5.41) is 1.27. The number of esters is 1. The molecular formula is C28H28N2O2. The summed E-state index contributed by atoms with van der Waals surface area (Å²) in [6.45, 7) is 2.57. The number of nitrogens with zero attached hydrogens (tertiary/aromatic N) is 2. The monoisotopic (exact) mass is 424 g/mol. The van der Waals surface area contributed by atoms with Gasteiger partial charge in [-0.1, -0.05) is 66.8 Å². The van der Waals surface area contributed by atoms with E-state index in [0.717, 1.165) is 38.9 Å². The standard InChI is InChI=1S/C28H28N2O2/c1-32-27(31)28-16-7-11-21-12-8-17-29(25(21)28)18-15-23-22-13-5-6-14-24(22)30(26(23)28)19-20-9-3-2-4-10-20/h2-6,8-14,25H,7,15-19H2,1H3/t25-,28+/m1/s1. The molecule has 4 nitrogen and oxygen atoms in total. The van der Waals surface area contributed by atoms with Crippen LogP contribution in [-0.2, 0) is 27.9 Å². The van der Waals surface area contributed by atoms with Gasteiger partial charge in [0, 0.05) is 36.2 Å². The van der Waals surface area contributed by atoms with E-state index in [-0.39, 0.29) is 12.0 Å². The normalized spacial score (nSPS) is 24.4. The van der Waals surface area contributed by atoms with E-state index in [1.807, 2.05) is 0 Å².